The van der Waals surface area contributed by atoms with Gasteiger partial charge in [0.2, 0.25) is 5.95 Å². The van der Waals surface area contributed by atoms with Gasteiger partial charge in [0.05, 0.1) is 5.69 Å². The molecule has 1 aliphatic heterocycles. The summed E-state index contributed by atoms with van der Waals surface area (Å²) in [5, 5.41) is 3.29. The molecule has 3 rings (SSSR count). The molecule has 0 atom stereocenters. The molecule has 1 aliphatic carbocycles. The third-order valence-corrected chi connectivity index (χ3v) is 3.45. The Morgan fingerprint density at radius 3 is 3.06 bits per heavy atom. The molecular weight excluding hydrogens is 222 g/mol. The van der Waals surface area contributed by atoms with E-state index in [1.807, 2.05) is 6.07 Å². The van der Waals surface area contributed by atoms with Crippen molar-refractivity contribution in [2.75, 3.05) is 11.9 Å². The van der Waals surface area contributed by atoms with Gasteiger partial charge in [-0.2, -0.15) is 4.41 Å². The van der Waals surface area contributed by atoms with Crippen LogP contribution in [-0.4, -0.2) is 27.0 Å². The summed E-state index contributed by atoms with van der Waals surface area (Å²) in [6.45, 7) is 0.759. The van der Waals surface area contributed by atoms with Crippen LogP contribution >= 0.6 is 11.9 Å². The van der Waals surface area contributed by atoms with Crippen molar-refractivity contribution in [1.29, 1.82) is 0 Å². The normalized spacial score (nSPS) is 20.9. The van der Waals surface area contributed by atoms with E-state index in [0.717, 1.165) is 23.1 Å². The number of nitrogens with zero attached hydrogens (tertiary/aromatic N) is 3. The molecule has 0 bridgehead atoms. The summed E-state index contributed by atoms with van der Waals surface area (Å²) in [6.07, 6.45) is 6.31. The van der Waals surface area contributed by atoms with Crippen LogP contribution in [0, 0.1) is 0 Å². The Balaban J connectivity index is 1.78. The number of nitrogens with two attached hydrogens (primary N) is 1. The Hall–Kier alpha value is -1.11. The van der Waals surface area contributed by atoms with E-state index in [0.29, 0.717) is 6.04 Å². The predicted molar refractivity (Wildman–Crippen MR) is 65.1 cm³/mol. The second kappa shape index (κ2) is 4.04. The smallest absolute Gasteiger partial charge is 0.223 e. The van der Waals surface area contributed by atoms with Gasteiger partial charge in [-0.25, -0.2) is 9.97 Å². The van der Waals surface area contributed by atoms with Crippen LogP contribution in [0.15, 0.2) is 18.3 Å². The van der Waals surface area contributed by atoms with Crippen LogP contribution in [-0.2, 0) is 0 Å². The lowest BCUT2D eigenvalue weighted by Crippen LogP contribution is -2.19. The average Bonchev–Trinajstić information content (AvgIpc) is 2.98. The molecule has 1 aromatic rings. The Morgan fingerprint density at radius 2 is 2.38 bits per heavy atom. The minimum absolute atomic E-state index is 0.575. The van der Waals surface area contributed by atoms with Crippen molar-refractivity contribution in [2.24, 2.45) is 5.84 Å². The van der Waals surface area contributed by atoms with Gasteiger partial charge in [-0.3, -0.25) is 5.84 Å². The summed E-state index contributed by atoms with van der Waals surface area (Å²) in [6, 6.07) is 2.49. The third-order valence-electron chi connectivity index (χ3n) is 2.49. The third kappa shape index (κ3) is 2.18. The summed E-state index contributed by atoms with van der Waals surface area (Å²) in [4.78, 5) is 9.78. The minimum atomic E-state index is 0.575. The van der Waals surface area contributed by atoms with Gasteiger partial charge < -0.3 is 5.32 Å². The maximum Gasteiger partial charge on any atom is 0.223 e. The fraction of sp³-hybridized carbons (Fsp3) is 0.400. The maximum absolute atomic E-state index is 5.68. The van der Waals surface area contributed by atoms with Crippen LogP contribution < -0.4 is 11.2 Å². The van der Waals surface area contributed by atoms with Crippen molar-refractivity contribution in [3.8, 4) is 0 Å². The molecule has 0 saturated heterocycles. The Kier molecular flexibility index (Phi) is 2.55. The summed E-state index contributed by atoms with van der Waals surface area (Å²) < 4.78 is 1.69. The zero-order valence-corrected chi connectivity index (χ0v) is 9.57. The van der Waals surface area contributed by atoms with E-state index >= 15 is 0 Å². The molecule has 0 amide bonds. The molecule has 5 nitrogen and oxygen atoms in total. The van der Waals surface area contributed by atoms with E-state index in [1.54, 1.807) is 10.6 Å². The largest absolute Gasteiger partial charge is 0.351 e. The summed E-state index contributed by atoms with van der Waals surface area (Å²) in [7, 11) is 0. The van der Waals surface area contributed by atoms with E-state index in [2.05, 4.69) is 21.4 Å². The molecule has 2 heterocycles. The standard InChI is InChI=1S/C10H13N5S/c11-15-6-4-9(16-15)8-3-5-12-10(14-8)13-7-1-2-7/h3-5,7H,1-2,6,11H2,(H,12,13,14). The van der Waals surface area contributed by atoms with Crippen molar-refractivity contribution in [2.45, 2.75) is 18.9 Å². The zero-order valence-electron chi connectivity index (χ0n) is 8.76. The molecule has 0 unspecified atom stereocenters. The van der Waals surface area contributed by atoms with E-state index < -0.39 is 0 Å². The first-order valence-electron chi connectivity index (χ1n) is 5.31. The molecule has 0 radical (unpaired) electrons. The van der Waals surface area contributed by atoms with Gasteiger partial charge in [0.1, 0.15) is 0 Å². The van der Waals surface area contributed by atoms with Gasteiger partial charge >= 0.3 is 0 Å². The molecule has 0 aromatic carbocycles. The van der Waals surface area contributed by atoms with Crippen LogP contribution in [0.3, 0.4) is 0 Å². The van der Waals surface area contributed by atoms with Crippen LogP contribution in [0.5, 0.6) is 0 Å². The van der Waals surface area contributed by atoms with Gasteiger partial charge in [0.15, 0.2) is 0 Å². The molecule has 1 aromatic heterocycles. The summed E-state index contributed by atoms with van der Waals surface area (Å²) in [5.41, 5.74) is 0.941. The highest BCUT2D eigenvalue weighted by Crippen LogP contribution is 2.32. The molecule has 84 valence electrons. The second-order valence-electron chi connectivity index (χ2n) is 3.94. The first-order chi connectivity index (χ1) is 7.81. The fourth-order valence-corrected chi connectivity index (χ4v) is 2.26. The number of hydrazine groups is 1. The first-order valence-corrected chi connectivity index (χ1v) is 6.09. The topological polar surface area (TPSA) is 67.1 Å². The fourth-order valence-electron chi connectivity index (χ4n) is 1.50. The molecule has 1 fully saturated rings. The highest BCUT2D eigenvalue weighted by molar-refractivity contribution is 8.06. The van der Waals surface area contributed by atoms with Gasteiger partial charge in [-0.1, -0.05) is 6.08 Å². The molecule has 3 N–H and O–H groups in total. The first kappa shape index (κ1) is 10.1. The van der Waals surface area contributed by atoms with Crippen LogP contribution in [0.4, 0.5) is 5.95 Å². The van der Waals surface area contributed by atoms with Crippen LogP contribution in [0.1, 0.15) is 18.5 Å². The summed E-state index contributed by atoms with van der Waals surface area (Å²) >= 11 is 1.52. The Bertz CT molecular complexity index is 429. The van der Waals surface area contributed by atoms with E-state index in [4.69, 9.17) is 5.84 Å². The number of anilines is 1. The second-order valence-corrected chi connectivity index (χ2v) is 5.03. The maximum atomic E-state index is 5.68. The number of aromatic nitrogens is 2. The van der Waals surface area contributed by atoms with Gasteiger partial charge in [0, 0.05) is 23.7 Å². The van der Waals surface area contributed by atoms with E-state index in [9.17, 15) is 0 Å². The van der Waals surface area contributed by atoms with Crippen molar-refractivity contribution in [1.82, 2.24) is 14.4 Å². The lowest BCUT2D eigenvalue weighted by Gasteiger charge is -2.07. The molecule has 2 aliphatic rings. The number of rotatable bonds is 3. The Morgan fingerprint density at radius 1 is 1.50 bits per heavy atom. The molecule has 0 spiro atoms. The predicted octanol–water partition coefficient (Wildman–Crippen LogP) is 1.23. The molecule has 1 saturated carbocycles. The number of hydrogen-bond donors (Lipinski definition) is 2. The lowest BCUT2D eigenvalue weighted by molar-refractivity contribution is 0.566. The van der Waals surface area contributed by atoms with Gasteiger partial charge in [-0.05, 0) is 30.9 Å². The van der Waals surface area contributed by atoms with Crippen molar-refractivity contribution in [3.63, 3.8) is 0 Å². The molecule has 16 heavy (non-hydrogen) atoms. The number of nitrogens with one attached hydrogen (secondary N) is 1. The molecular formula is C10H13N5S. The van der Waals surface area contributed by atoms with Crippen LogP contribution in [0.2, 0.25) is 0 Å². The van der Waals surface area contributed by atoms with Gasteiger partial charge in [0.25, 0.3) is 0 Å². The van der Waals surface area contributed by atoms with Crippen molar-refractivity contribution in [3.05, 3.63) is 24.0 Å². The van der Waals surface area contributed by atoms with Crippen LogP contribution in [0.25, 0.3) is 4.91 Å². The zero-order chi connectivity index (χ0) is 11.0. The highest BCUT2D eigenvalue weighted by atomic mass is 32.2. The quantitative estimate of drug-likeness (QED) is 0.607. The minimum Gasteiger partial charge on any atom is -0.351 e. The lowest BCUT2D eigenvalue weighted by atomic mass is 10.3. The summed E-state index contributed by atoms with van der Waals surface area (Å²) in [5.74, 6) is 6.40. The van der Waals surface area contributed by atoms with Crippen molar-refractivity contribution >= 4 is 22.8 Å². The molecule has 6 heteroatoms. The van der Waals surface area contributed by atoms with Gasteiger partial charge in [-0.15, -0.1) is 0 Å². The SMILES string of the molecule is NN1CC=C(c2ccnc(NC3CC3)n2)S1. The monoisotopic (exact) mass is 235 g/mol. The van der Waals surface area contributed by atoms with Crippen molar-refractivity contribution < 1.29 is 0 Å². The Labute approximate surface area is 98.2 Å². The number of hydrogen-bond acceptors (Lipinski definition) is 6. The average molecular weight is 235 g/mol. The van der Waals surface area contributed by atoms with E-state index in [-0.39, 0.29) is 0 Å². The highest BCUT2D eigenvalue weighted by Gasteiger charge is 2.22. The van der Waals surface area contributed by atoms with E-state index in [1.165, 1.54) is 24.8 Å².